The van der Waals surface area contributed by atoms with Gasteiger partial charge in [-0.05, 0) is 18.1 Å². The molecule has 7 nitrogen and oxygen atoms in total. The van der Waals surface area contributed by atoms with Crippen molar-refractivity contribution in [1.82, 2.24) is 20.2 Å². The van der Waals surface area contributed by atoms with E-state index in [0.29, 0.717) is 45.3 Å². The van der Waals surface area contributed by atoms with Crippen molar-refractivity contribution in [2.45, 2.75) is 12.3 Å². The van der Waals surface area contributed by atoms with E-state index >= 15 is 0 Å². The highest BCUT2D eigenvalue weighted by atomic mass is 19.1. The van der Waals surface area contributed by atoms with Crippen LogP contribution in [0.1, 0.15) is 17.9 Å². The van der Waals surface area contributed by atoms with Crippen molar-refractivity contribution in [2.75, 3.05) is 44.2 Å². The van der Waals surface area contributed by atoms with Gasteiger partial charge in [0, 0.05) is 38.6 Å². The minimum Gasteiger partial charge on any atom is -0.493 e. The third-order valence-corrected chi connectivity index (χ3v) is 5.04. The average molecular weight is 371 g/mol. The van der Waals surface area contributed by atoms with Crippen LogP contribution in [0.3, 0.4) is 0 Å². The number of halogens is 1. The quantitative estimate of drug-likeness (QED) is 0.894. The number of amides is 2. The Bertz CT molecular complexity index is 793. The van der Waals surface area contributed by atoms with Crippen molar-refractivity contribution in [3.63, 3.8) is 0 Å². The van der Waals surface area contributed by atoms with Gasteiger partial charge in [-0.1, -0.05) is 18.2 Å². The summed E-state index contributed by atoms with van der Waals surface area (Å²) in [4.78, 5) is 24.3. The molecule has 0 spiro atoms. The van der Waals surface area contributed by atoms with Gasteiger partial charge in [-0.2, -0.15) is 0 Å². The van der Waals surface area contributed by atoms with Crippen LogP contribution in [0.5, 0.6) is 5.75 Å². The number of nitrogens with one attached hydrogen (secondary N) is 1. The molecule has 0 saturated carbocycles. The number of fused-ring (bicyclic) bond motifs is 1. The average Bonchev–Trinajstić information content (AvgIpc) is 2.72. The highest BCUT2D eigenvalue weighted by molar-refractivity contribution is 5.74. The van der Waals surface area contributed by atoms with Crippen LogP contribution >= 0.6 is 0 Å². The van der Waals surface area contributed by atoms with Gasteiger partial charge in [0.2, 0.25) is 5.95 Å². The number of rotatable bonds is 3. The van der Waals surface area contributed by atoms with Gasteiger partial charge in [-0.25, -0.2) is 19.2 Å². The van der Waals surface area contributed by atoms with Crippen molar-refractivity contribution < 1.29 is 13.9 Å². The van der Waals surface area contributed by atoms with Crippen LogP contribution in [0, 0.1) is 5.82 Å². The molecule has 27 heavy (non-hydrogen) atoms. The number of aromatic nitrogens is 2. The highest BCUT2D eigenvalue weighted by Gasteiger charge is 2.25. The van der Waals surface area contributed by atoms with Gasteiger partial charge in [-0.3, -0.25) is 0 Å². The first-order valence-corrected chi connectivity index (χ1v) is 9.18. The summed E-state index contributed by atoms with van der Waals surface area (Å²) in [7, 11) is 0. The third-order valence-electron chi connectivity index (χ3n) is 5.04. The number of ether oxygens (including phenoxy) is 1. The molecular weight excluding hydrogens is 349 g/mol. The molecule has 2 aliphatic rings. The summed E-state index contributed by atoms with van der Waals surface area (Å²) >= 11 is 0. The van der Waals surface area contributed by atoms with Crippen LogP contribution in [0.25, 0.3) is 0 Å². The van der Waals surface area contributed by atoms with Crippen LogP contribution in [-0.2, 0) is 0 Å². The number of carbonyl (C=O) groups excluding carboxylic acids is 1. The Balaban J connectivity index is 1.28. The van der Waals surface area contributed by atoms with E-state index in [1.54, 1.807) is 4.90 Å². The van der Waals surface area contributed by atoms with Crippen molar-refractivity contribution in [3.8, 4) is 5.75 Å². The number of nitrogens with zero attached hydrogens (tertiary/aromatic N) is 4. The smallest absolute Gasteiger partial charge is 0.317 e. The molecule has 1 aromatic carbocycles. The topological polar surface area (TPSA) is 70.6 Å². The minimum atomic E-state index is -0.452. The zero-order valence-corrected chi connectivity index (χ0v) is 15.0. The van der Waals surface area contributed by atoms with Gasteiger partial charge in [0.1, 0.15) is 5.75 Å². The third kappa shape index (κ3) is 3.94. The number of anilines is 1. The lowest BCUT2D eigenvalue weighted by molar-refractivity contribution is 0.191. The Morgan fingerprint density at radius 2 is 1.93 bits per heavy atom. The van der Waals surface area contributed by atoms with E-state index in [1.807, 2.05) is 23.1 Å². The lowest BCUT2D eigenvalue weighted by Gasteiger charge is -2.35. The van der Waals surface area contributed by atoms with E-state index in [0.717, 1.165) is 30.1 Å². The van der Waals surface area contributed by atoms with Gasteiger partial charge in [0.15, 0.2) is 5.82 Å². The maximum atomic E-state index is 12.9. The van der Waals surface area contributed by atoms with E-state index in [-0.39, 0.29) is 11.9 Å². The monoisotopic (exact) mass is 371 g/mol. The van der Waals surface area contributed by atoms with Gasteiger partial charge in [-0.15, -0.1) is 0 Å². The number of benzene rings is 1. The molecule has 0 bridgehead atoms. The summed E-state index contributed by atoms with van der Waals surface area (Å²) in [5.41, 5.74) is 1.15. The fourth-order valence-corrected chi connectivity index (χ4v) is 3.53. The molecule has 3 heterocycles. The van der Waals surface area contributed by atoms with E-state index < -0.39 is 5.82 Å². The number of carbonyl (C=O) groups is 1. The van der Waals surface area contributed by atoms with Gasteiger partial charge >= 0.3 is 6.03 Å². The van der Waals surface area contributed by atoms with Gasteiger partial charge in [0.25, 0.3) is 0 Å². The second-order valence-corrected chi connectivity index (χ2v) is 6.73. The predicted molar refractivity (Wildman–Crippen MR) is 98.5 cm³/mol. The lowest BCUT2D eigenvalue weighted by atomic mass is 9.93. The van der Waals surface area contributed by atoms with Gasteiger partial charge in [0.05, 0.1) is 19.0 Å². The van der Waals surface area contributed by atoms with E-state index in [1.165, 1.54) is 0 Å². The Kier molecular flexibility index (Phi) is 5.04. The molecule has 4 rings (SSSR count). The van der Waals surface area contributed by atoms with E-state index in [2.05, 4.69) is 21.4 Å². The Labute approximate surface area is 157 Å². The Morgan fingerprint density at radius 3 is 2.70 bits per heavy atom. The van der Waals surface area contributed by atoms with Crippen LogP contribution in [0.4, 0.5) is 15.1 Å². The first-order valence-electron chi connectivity index (χ1n) is 9.18. The first kappa shape index (κ1) is 17.5. The summed E-state index contributed by atoms with van der Waals surface area (Å²) < 4.78 is 18.6. The van der Waals surface area contributed by atoms with Crippen LogP contribution < -0.4 is 15.0 Å². The van der Waals surface area contributed by atoms with Crippen molar-refractivity contribution in [2.24, 2.45) is 0 Å². The molecule has 1 unspecified atom stereocenters. The van der Waals surface area contributed by atoms with Crippen LogP contribution in [-0.4, -0.2) is 60.2 Å². The van der Waals surface area contributed by atoms with E-state index in [4.69, 9.17) is 4.74 Å². The first-order chi connectivity index (χ1) is 13.2. The fraction of sp³-hybridized carbons (Fsp3) is 0.421. The lowest BCUT2D eigenvalue weighted by Crippen LogP contribution is -2.52. The van der Waals surface area contributed by atoms with Crippen molar-refractivity contribution >= 4 is 12.0 Å². The predicted octanol–water partition coefficient (Wildman–Crippen LogP) is 2.01. The molecule has 1 atom stereocenters. The van der Waals surface area contributed by atoms with Crippen molar-refractivity contribution in [3.05, 3.63) is 48.0 Å². The maximum absolute atomic E-state index is 12.9. The summed E-state index contributed by atoms with van der Waals surface area (Å²) in [6.07, 6.45) is 3.22. The molecule has 1 saturated heterocycles. The zero-order valence-electron chi connectivity index (χ0n) is 15.0. The number of hydrogen-bond donors (Lipinski definition) is 1. The molecule has 2 aliphatic heterocycles. The Morgan fingerprint density at radius 1 is 1.19 bits per heavy atom. The molecule has 2 aromatic rings. The molecule has 1 fully saturated rings. The summed E-state index contributed by atoms with van der Waals surface area (Å²) in [5.74, 6) is 1.23. The summed E-state index contributed by atoms with van der Waals surface area (Å²) in [6.45, 7) is 3.68. The molecule has 2 amide bonds. The second-order valence-electron chi connectivity index (χ2n) is 6.73. The molecule has 142 valence electrons. The fourth-order valence-electron chi connectivity index (χ4n) is 3.53. The molecule has 0 aliphatic carbocycles. The number of piperazine rings is 1. The second kappa shape index (κ2) is 7.77. The Hall–Kier alpha value is -2.90. The standard InChI is InChI=1S/C19H22FN5O2/c20-15-12-21-18(22-13-15)24-6-8-25(9-7-24)19(26)23-11-14-5-10-27-17-4-2-1-3-16(14)17/h1-4,12-14H,5-11H2,(H,23,26). The molecule has 1 N–H and O–H groups in total. The van der Waals surface area contributed by atoms with E-state index in [9.17, 15) is 9.18 Å². The molecule has 0 radical (unpaired) electrons. The van der Waals surface area contributed by atoms with Crippen LogP contribution in [0.2, 0.25) is 0 Å². The maximum Gasteiger partial charge on any atom is 0.317 e. The van der Waals surface area contributed by atoms with Crippen molar-refractivity contribution in [1.29, 1.82) is 0 Å². The molecular formula is C19H22FN5O2. The number of para-hydroxylation sites is 1. The normalized spacial score (nSPS) is 19.2. The minimum absolute atomic E-state index is 0.0568. The van der Waals surface area contributed by atoms with Crippen LogP contribution in [0.15, 0.2) is 36.7 Å². The van der Waals surface area contributed by atoms with Gasteiger partial charge < -0.3 is 19.9 Å². The number of hydrogen-bond acceptors (Lipinski definition) is 5. The molecule has 8 heteroatoms. The zero-order chi connectivity index (χ0) is 18.6. The SMILES string of the molecule is O=C(NCC1CCOc2ccccc21)N1CCN(c2ncc(F)cn2)CC1. The summed E-state index contributed by atoms with van der Waals surface area (Å²) in [6, 6.07) is 7.94. The largest absolute Gasteiger partial charge is 0.493 e. The highest BCUT2D eigenvalue weighted by Crippen LogP contribution is 2.32. The molecule has 1 aromatic heterocycles. The number of urea groups is 1. The summed E-state index contributed by atoms with van der Waals surface area (Å²) in [5, 5.41) is 3.06.